The summed E-state index contributed by atoms with van der Waals surface area (Å²) in [6, 6.07) is 12.7. The van der Waals surface area contributed by atoms with Gasteiger partial charge in [-0.1, -0.05) is 6.07 Å². The van der Waals surface area contributed by atoms with Crippen molar-refractivity contribution in [1.82, 2.24) is 10.3 Å². The number of ether oxygens (including phenoxy) is 4. The molecular weight excluding hydrogens is 432 g/mol. The number of amides is 1. The minimum absolute atomic E-state index is 0.0600. The van der Waals surface area contributed by atoms with Crippen LogP contribution >= 0.6 is 12.2 Å². The standard InChI is InChI=1S/C22H26N4O5S/c1-28-18-5-3-4-17(13-18)24-22(32)25-23-14-16-6-7-19(20(12-16)29-2)31-15-21(27)26-8-10-30-11-9-26/h3-7,12-14H,8-11,15H2,1-2H3,(H2,24,25,32)/b23-14+. The van der Waals surface area contributed by atoms with E-state index in [0.717, 1.165) is 17.0 Å². The van der Waals surface area contributed by atoms with E-state index < -0.39 is 0 Å². The molecule has 0 radical (unpaired) electrons. The smallest absolute Gasteiger partial charge is 0.260 e. The number of rotatable bonds is 8. The number of nitrogens with one attached hydrogen (secondary N) is 2. The third kappa shape index (κ3) is 6.82. The van der Waals surface area contributed by atoms with Gasteiger partial charge in [-0.05, 0) is 48.1 Å². The lowest BCUT2D eigenvalue weighted by Gasteiger charge is -2.26. The normalized spacial score (nSPS) is 13.5. The molecule has 2 aromatic rings. The van der Waals surface area contributed by atoms with Crippen LogP contribution in [0.1, 0.15) is 5.56 Å². The summed E-state index contributed by atoms with van der Waals surface area (Å²) in [6.45, 7) is 2.20. The van der Waals surface area contributed by atoms with Crippen molar-refractivity contribution in [2.45, 2.75) is 0 Å². The predicted octanol–water partition coefficient (Wildman–Crippen LogP) is 2.26. The van der Waals surface area contributed by atoms with E-state index in [4.69, 9.17) is 31.2 Å². The predicted molar refractivity (Wildman–Crippen MR) is 126 cm³/mol. The van der Waals surface area contributed by atoms with Gasteiger partial charge in [0.25, 0.3) is 5.91 Å². The molecule has 0 aromatic heterocycles. The zero-order valence-corrected chi connectivity index (χ0v) is 18.8. The summed E-state index contributed by atoms with van der Waals surface area (Å²) in [7, 11) is 3.14. The average Bonchev–Trinajstić information content (AvgIpc) is 2.83. The van der Waals surface area contributed by atoms with Gasteiger partial charge in [-0.25, -0.2) is 0 Å². The van der Waals surface area contributed by atoms with Crippen LogP contribution in [0.4, 0.5) is 5.69 Å². The van der Waals surface area contributed by atoms with Gasteiger partial charge < -0.3 is 29.2 Å². The first-order chi connectivity index (χ1) is 15.6. The number of hydrogen-bond donors (Lipinski definition) is 2. The number of hydrazone groups is 1. The molecule has 32 heavy (non-hydrogen) atoms. The monoisotopic (exact) mass is 458 g/mol. The maximum Gasteiger partial charge on any atom is 0.260 e. The van der Waals surface area contributed by atoms with Crippen molar-refractivity contribution in [1.29, 1.82) is 0 Å². The number of benzene rings is 2. The summed E-state index contributed by atoms with van der Waals surface area (Å²) in [6.07, 6.45) is 1.60. The molecule has 0 bridgehead atoms. The molecule has 1 saturated heterocycles. The summed E-state index contributed by atoms with van der Waals surface area (Å²) in [4.78, 5) is 14.0. The molecule has 0 saturated carbocycles. The van der Waals surface area contributed by atoms with Gasteiger partial charge in [-0.3, -0.25) is 10.2 Å². The molecule has 1 heterocycles. The van der Waals surface area contributed by atoms with Gasteiger partial charge in [0, 0.05) is 24.8 Å². The third-order valence-electron chi connectivity index (χ3n) is 4.61. The van der Waals surface area contributed by atoms with Gasteiger partial charge in [0.2, 0.25) is 0 Å². The average molecular weight is 459 g/mol. The molecule has 3 rings (SSSR count). The Morgan fingerprint density at radius 2 is 1.97 bits per heavy atom. The van der Waals surface area contributed by atoms with E-state index in [9.17, 15) is 4.79 Å². The molecular formula is C22H26N4O5S. The quantitative estimate of drug-likeness (QED) is 0.354. The van der Waals surface area contributed by atoms with Gasteiger partial charge in [0.15, 0.2) is 23.2 Å². The summed E-state index contributed by atoms with van der Waals surface area (Å²) in [5, 5.41) is 7.50. The van der Waals surface area contributed by atoms with Crippen molar-refractivity contribution in [2.75, 3.05) is 52.4 Å². The highest BCUT2D eigenvalue weighted by Crippen LogP contribution is 2.27. The fourth-order valence-corrected chi connectivity index (χ4v) is 3.12. The highest BCUT2D eigenvalue weighted by molar-refractivity contribution is 7.80. The molecule has 170 valence electrons. The summed E-state index contributed by atoms with van der Waals surface area (Å²) >= 11 is 5.25. The molecule has 1 fully saturated rings. The molecule has 9 nitrogen and oxygen atoms in total. The lowest BCUT2D eigenvalue weighted by Crippen LogP contribution is -2.43. The van der Waals surface area contributed by atoms with E-state index in [-0.39, 0.29) is 12.5 Å². The highest BCUT2D eigenvalue weighted by Gasteiger charge is 2.18. The Balaban J connectivity index is 1.52. The molecule has 0 unspecified atom stereocenters. The van der Waals surface area contributed by atoms with E-state index in [1.807, 2.05) is 24.3 Å². The van der Waals surface area contributed by atoms with E-state index >= 15 is 0 Å². The van der Waals surface area contributed by atoms with Crippen molar-refractivity contribution < 1.29 is 23.7 Å². The first-order valence-electron chi connectivity index (χ1n) is 9.99. The first-order valence-corrected chi connectivity index (χ1v) is 10.4. The lowest BCUT2D eigenvalue weighted by atomic mass is 10.2. The fraction of sp³-hybridized carbons (Fsp3) is 0.318. The van der Waals surface area contributed by atoms with Gasteiger partial charge >= 0.3 is 0 Å². The van der Waals surface area contributed by atoms with E-state index in [0.29, 0.717) is 42.9 Å². The lowest BCUT2D eigenvalue weighted by molar-refractivity contribution is -0.137. The van der Waals surface area contributed by atoms with Gasteiger partial charge in [-0.2, -0.15) is 5.10 Å². The van der Waals surface area contributed by atoms with Crippen molar-refractivity contribution in [3.05, 3.63) is 48.0 Å². The number of nitrogens with zero attached hydrogens (tertiary/aromatic N) is 2. The van der Waals surface area contributed by atoms with Crippen molar-refractivity contribution >= 4 is 35.1 Å². The largest absolute Gasteiger partial charge is 0.497 e. The Kier molecular flexibility index (Phi) is 8.64. The molecule has 0 spiro atoms. The van der Waals surface area contributed by atoms with E-state index in [1.165, 1.54) is 0 Å². The van der Waals surface area contributed by atoms with Gasteiger partial charge in [-0.15, -0.1) is 0 Å². The number of carbonyl (C=O) groups excluding carboxylic acids is 1. The van der Waals surface area contributed by atoms with Crippen LogP contribution in [-0.2, 0) is 9.53 Å². The number of methoxy groups -OCH3 is 2. The maximum absolute atomic E-state index is 12.3. The first kappa shape index (κ1) is 23.3. The van der Waals surface area contributed by atoms with Crippen LogP contribution < -0.4 is 25.0 Å². The number of morpholine rings is 1. The zero-order chi connectivity index (χ0) is 22.8. The second-order valence-electron chi connectivity index (χ2n) is 6.75. The maximum atomic E-state index is 12.3. The minimum Gasteiger partial charge on any atom is -0.497 e. The Labute approximate surface area is 192 Å². The summed E-state index contributed by atoms with van der Waals surface area (Å²) < 4.78 is 21.5. The third-order valence-corrected chi connectivity index (χ3v) is 4.80. The molecule has 0 atom stereocenters. The molecule has 1 aliphatic rings. The SMILES string of the molecule is COc1cccc(NC(=S)N/N=C/c2ccc(OCC(=O)N3CCOCC3)c(OC)c2)c1. The van der Waals surface area contributed by atoms with Crippen LogP contribution in [-0.4, -0.2) is 69.3 Å². The number of anilines is 1. The molecule has 2 N–H and O–H groups in total. The van der Waals surface area contributed by atoms with Crippen LogP contribution in [0.5, 0.6) is 17.2 Å². The van der Waals surface area contributed by atoms with Crippen LogP contribution in [0.25, 0.3) is 0 Å². The Morgan fingerprint density at radius 1 is 1.16 bits per heavy atom. The molecule has 10 heteroatoms. The Bertz CT molecular complexity index is 963. The van der Waals surface area contributed by atoms with Crippen LogP contribution in [0.2, 0.25) is 0 Å². The Morgan fingerprint density at radius 3 is 2.72 bits per heavy atom. The number of carbonyl (C=O) groups is 1. The Hall–Kier alpha value is -3.37. The zero-order valence-electron chi connectivity index (χ0n) is 18.0. The summed E-state index contributed by atoms with van der Waals surface area (Å²) in [5.41, 5.74) is 4.32. The molecule has 2 aromatic carbocycles. The van der Waals surface area contributed by atoms with Gasteiger partial charge in [0.1, 0.15) is 5.75 Å². The highest BCUT2D eigenvalue weighted by atomic mass is 32.1. The summed E-state index contributed by atoms with van der Waals surface area (Å²) in [5.74, 6) is 1.62. The van der Waals surface area contributed by atoms with Crippen LogP contribution in [0.15, 0.2) is 47.6 Å². The van der Waals surface area contributed by atoms with E-state index in [1.54, 1.807) is 43.5 Å². The van der Waals surface area contributed by atoms with E-state index in [2.05, 4.69) is 15.8 Å². The second-order valence-corrected chi connectivity index (χ2v) is 7.16. The topological polar surface area (TPSA) is 93.6 Å². The number of hydrogen-bond acceptors (Lipinski definition) is 7. The van der Waals surface area contributed by atoms with Crippen molar-refractivity contribution in [3.8, 4) is 17.2 Å². The molecule has 0 aliphatic carbocycles. The van der Waals surface area contributed by atoms with Crippen LogP contribution in [0, 0.1) is 0 Å². The van der Waals surface area contributed by atoms with Crippen LogP contribution in [0.3, 0.4) is 0 Å². The minimum atomic E-state index is -0.0813. The second kappa shape index (κ2) is 11.9. The molecule has 1 amide bonds. The molecule has 1 aliphatic heterocycles. The van der Waals surface area contributed by atoms with Crippen molar-refractivity contribution in [2.24, 2.45) is 5.10 Å². The number of thiocarbonyl (C=S) groups is 1. The van der Waals surface area contributed by atoms with Gasteiger partial charge in [0.05, 0.1) is 33.6 Å². The van der Waals surface area contributed by atoms with Crippen molar-refractivity contribution in [3.63, 3.8) is 0 Å². The fourth-order valence-electron chi connectivity index (χ4n) is 2.95.